The number of aromatic hydroxyl groups is 2. The highest BCUT2D eigenvalue weighted by Crippen LogP contribution is 2.40. The van der Waals surface area contributed by atoms with Gasteiger partial charge >= 0.3 is 0 Å². The second-order valence-corrected chi connectivity index (χ2v) is 5.89. The second-order valence-electron chi connectivity index (χ2n) is 5.89. The van der Waals surface area contributed by atoms with Crippen molar-refractivity contribution in [2.24, 2.45) is 0 Å². The summed E-state index contributed by atoms with van der Waals surface area (Å²) in [5, 5.41) is 20.0. The average Bonchev–Trinajstić information content (AvgIpc) is 2.62. The first-order valence-corrected chi connectivity index (χ1v) is 7.66. The van der Waals surface area contributed by atoms with Gasteiger partial charge in [0.05, 0.1) is 11.1 Å². The van der Waals surface area contributed by atoms with E-state index in [1.165, 1.54) is 24.3 Å². The third-order valence-corrected chi connectivity index (χ3v) is 4.41. The van der Waals surface area contributed by atoms with E-state index in [9.17, 15) is 29.4 Å². The molecule has 0 unspecified atom stereocenters. The summed E-state index contributed by atoms with van der Waals surface area (Å²) in [5.74, 6) is -2.76. The Morgan fingerprint density at radius 3 is 1.12 bits per heavy atom. The van der Waals surface area contributed by atoms with Crippen LogP contribution in [0.15, 0.2) is 48.6 Å². The highest BCUT2D eigenvalue weighted by Gasteiger charge is 2.31. The van der Waals surface area contributed by atoms with Crippen LogP contribution in [0.5, 0.6) is 11.5 Å². The summed E-state index contributed by atoms with van der Waals surface area (Å²) in [5.41, 5.74) is 0.0747. The van der Waals surface area contributed by atoms with Gasteiger partial charge in [0.2, 0.25) is 0 Å². The molecule has 0 bridgehead atoms. The Morgan fingerprint density at radius 2 is 0.769 bits per heavy atom. The third kappa shape index (κ3) is 2.05. The number of phenols is 2. The van der Waals surface area contributed by atoms with Crippen molar-refractivity contribution in [3.05, 3.63) is 70.8 Å². The molecule has 2 N–H and O–H groups in total. The van der Waals surface area contributed by atoms with Crippen molar-refractivity contribution in [3.8, 4) is 22.6 Å². The molecule has 0 fully saturated rings. The molecule has 0 radical (unpaired) electrons. The van der Waals surface area contributed by atoms with Gasteiger partial charge in [0.1, 0.15) is 11.5 Å². The lowest BCUT2D eigenvalue weighted by atomic mass is 9.82. The minimum Gasteiger partial charge on any atom is -0.507 e. The molecule has 0 aromatic heterocycles. The third-order valence-electron chi connectivity index (χ3n) is 4.41. The van der Waals surface area contributed by atoms with Crippen LogP contribution in [-0.4, -0.2) is 33.3 Å². The molecule has 126 valence electrons. The van der Waals surface area contributed by atoms with E-state index >= 15 is 0 Å². The lowest BCUT2D eigenvalue weighted by Gasteiger charge is -2.20. The van der Waals surface area contributed by atoms with Gasteiger partial charge in [0.25, 0.3) is 0 Å². The molecular formula is C20H10O6. The maximum absolute atomic E-state index is 12.4. The first kappa shape index (κ1) is 15.7. The molecule has 2 aromatic rings. The molecule has 6 nitrogen and oxygen atoms in total. The molecule has 0 atom stereocenters. The van der Waals surface area contributed by atoms with Gasteiger partial charge in [-0.2, -0.15) is 0 Å². The number of phenolic OH excluding ortho intramolecular Hbond substituents is 2. The highest BCUT2D eigenvalue weighted by molar-refractivity contribution is 6.28. The molecule has 0 amide bonds. The fourth-order valence-corrected chi connectivity index (χ4v) is 3.28. The number of hydrogen-bond donors (Lipinski definition) is 2. The molecular weight excluding hydrogens is 336 g/mol. The second kappa shape index (κ2) is 5.35. The number of carbonyl (C=O) groups excluding carboxylic acids is 4. The van der Waals surface area contributed by atoms with Crippen LogP contribution >= 0.6 is 0 Å². The Hall–Kier alpha value is -3.80. The van der Waals surface area contributed by atoms with Crippen LogP contribution in [0.1, 0.15) is 41.4 Å². The first-order valence-electron chi connectivity index (χ1n) is 7.66. The minimum absolute atomic E-state index is 0.0415. The normalized spacial score (nSPS) is 15.2. The number of ketones is 4. The number of carbonyl (C=O) groups is 4. The maximum atomic E-state index is 12.4. The molecule has 4 rings (SSSR count). The standard InChI is InChI=1S/C20H10O6/c21-11-5-7-15(25)19-13(23)3-1-9(17(11)19)10-2-4-14(24)20-16(26)8-6-12(22)18(10)20/h1-8,23-24H. The summed E-state index contributed by atoms with van der Waals surface area (Å²) in [6.45, 7) is 0. The van der Waals surface area contributed by atoms with Crippen molar-refractivity contribution in [2.75, 3.05) is 0 Å². The van der Waals surface area contributed by atoms with Crippen LogP contribution in [0.4, 0.5) is 0 Å². The zero-order chi connectivity index (χ0) is 18.6. The van der Waals surface area contributed by atoms with E-state index in [2.05, 4.69) is 0 Å². The summed E-state index contributed by atoms with van der Waals surface area (Å²) in [4.78, 5) is 49.0. The largest absolute Gasteiger partial charge is 0.507 e. The van der Waals surface area contributed by atoms with E-state index in [0.29, 0.717) is 0 Å². The summed E-state index contributed by atoms with van der Waals surface area (Å²) >= 11 is 0. The highest BCUT2D eigenvalue weighted by atomic mass is 16.3. The van der Waals surface area contributed by atoms with Gasteiger partial charge in [-0.15, -0.1) is 0 Å². The zero-order valence-electron chi connectivity index (χ0n) is 13.1. The van der Waals surface area contributed by atoms with Gasteiger partial charge in [0.15, 0.2) is 23.1 Å². The Bertz CT molecular complexity index is 1030. The van der Waals surface area contributed by atoms with Crippen LogP contribution in [-0.2, 0) is 0 Å². The monoisotopic (exact) mass is 346 g/mol. The van der Waals surface area contributed by atoms with Crippen molar-refractivity contribution < 1.29 is 29.4 Å². The van der Waals surface area contributed by atoms with Gasteiger partial charge in [-0.25, -0.2) is 0 Å². The summed E-state index contributed by atoms with van der Waals surface area (Å²) in [6.07, 6.45) is 4.32. The van der Waals surface area contributed by atoms with Crippen LogP contribution in [0.3, 0.4) is 0 Å². The van der Waals surface area contributed by atoms with Crippen LogP contribution in [0.2, 0.25) is 0 Å². The molecule has 0 aliphatic heterocycles. The molecule has 6 heteroatoms. The number of fused-ring (bicyclic) bond motifs is 2. The molecule has 0 saturated heterocycles. The van der Waals surface area contributed by atoms with Crippen LogP contribution in [0, 0.1) is 0 Å². The van der Waals surface area contributed by atoms with Gasteiger partial charge in [-0.1, -0.05) is 0 Å². The van der Waals surface area contributed by atoms with Crippen molar-refractivity contribution in [1.29, 1.82) is 0 Å². The van der Waals surface area contributed by atoms with Gasteiger partial charge < -0.3 is 10.2 Å². The molecule has 26 heavy (non-hydrogen) atoms. The Kier molecular flexibility index (Phi) is 3.23. The van der Waals surface area contributed by atoms with Gasteiger partial charge in [-0.3, -0.25) is 19.2 Å². The van der Waals surface area contributed by atoms with Crippen LogP contribution < -0.4 is 0 Å². The molecule has 0 heterocycles. The predicted octanol–water partition coefficient (Wildman–Crippen LogP) is 2.64. The lowest BCUT2D eigenvalue weighted by Crippen LogP contribution is -2.16. The fourth-order valence-electron chi connectivity index (χ4n) is 3.28. The van der Waals surface area contributed by atoms with Gasteiger partial charge in [-0.05, 0) is 59.7 Å². The number of allylic oxidation sites excluding steroid dienone is 4. The first-order chi connectivity index (χ1) is 12.4. The van der Waals surface area contributed by atoms with E-state index in [0.717, 1.165) is 24.3 Å². The number of benzene rings is 2. The summed E-state index contributed by atoms with van der Waals surface area (Å²) in [6, 6.07) is 5.31. The van der Waals surface area contributed by atoms with Gasteiger partial charge in [0, 0.05) is 11.1 Å². The quantitative estimate of drug-likeness (QED) is 0.822. The van der Waals surface area contributed by atoms with Crippen LogP contribution in [0.25, 0.3) is 11.1 Å². The average molecular weight is 346 g/mol. The van der Waals surface area contributed by atoms with Crippen molar-refractivity contribution in [1.82, 2.24) is 0 Å². The summed E-state index contributed by atoms with van der Waals surface area (Å²) < 4.78 is 0. The topological polar surface area (TPSA) is 109 Å². The van der Waals surface area contributed by atoms with Crippen molar-refractivity contribution >= 4 is 23.1 Å². The smallest absolute Gasteiger partial charge is 0.190 e. The van der Waals surface area contributed by atoms with E-state index in [-0.39, 0.29) is 44.9 Å². The lowest BCUT2D eigenvalue weighted by molar-refractivity contribution is 0.0990. The molecule has 0 saturated carbocycles. The zero-order valence-corrected chi connectivity index (χ0v) is 13.1. The van der Waals surface area contributed by atoms with Crippen molar-refractivity contribution in [3.63, 3.8) is 0 Å². The molecule has 2 aliphatic rings. The Labute approximate surface area is 146 Å². The molecule has 2 aliphatic carbocycles. The van der Waals surface area contributed by atoms with E-state index in [4.69, 9.17) is 0 Å². The Balaban J connectivity index is 2.10. The summed E-state index contributed by atoms with van der Waals surface area (Å²) in [7, 11) is 0. The Morgan fingerprint density at radius 1 is 0.462 bits per heavy atom. The van der Waals surface area contributed by atoms with Crippen molar-refractivity contribution in [2.45, 2.75) is 0 Å². The maximum Gasteiger partial charge on any atom is 0.190 e. The minimum atomic E-state index is -0.533. The van der Waals surface area contributed by atoms with E-state index in [1.807, 2.05) is 0 Å². The van der Waals surface area contributed by atoms with E-state index < -0.39 is 23.1 Å². The fraction of sp³-hybridized carbons (Fsp3) is 0. The molecule has 2 aromatic carbocycles. The SMILES string of the molecule is O=C1C=CC(=O)c2c(-c3ccc(O)c4c3C(=O)C=CC4=O)ccc(O)c21. The number of hydrogen-bond acceptors (Lipinski definition) is 6. The number of rotatable bonds is 1. The predicted molar refractivity (Wildman–Crippen MR) is 90.8 cm³/mol. The molecule has 0 spiro atoms. The van der Waals surface area contributed by atoms with E-state index in [1.54, 1.807) is 0 Å².